The Morgan fingerprint density at radius 1 is 1.28 bits per heavy atom. The van der Waals surface area contributed by atoms with Gasteiger partial charge in [-0.1, -0.05) is 19.1 Å². The predicted molar refractivity (Wildman–Crippen MR) is 68.7 cm³/mol. The van der Waals surface area contributed by atoms with Gasteiger partial charge in [-0.3, -0.25) is 0 Å². The van der Waals surface area contributed by atoms with Crippen LogP contribution in [0.5, 0.6) is 5.75 Å². The lowest BCUT2D eigenvalue weighted by molar-refractivity contribution is 0.320. The number of nitrogens with one attached hydrogen (secondary N) is 1. The topological polar surface area (TPSA) is 21.3 Å². The van der Waals surface area contributed by atoms with E-state index in [2.05, 4.69) is 5.32 Å². The van der Waals surface area contributed by atoms with Crippen LogP contribution in [0, 0.1) is 11.6 Å². The minimum Gasteiger partial charge on any atom is -0.483 e. The molecule has 0 aliphatic carbocycles. The second kappa shape index (κ2) is 7.82. The van der Waals surface area contributed by atoms with Gasteiger partial charge in [-0.15, -0.1) is 0 Å². The molecule has 0 atom stereocenters. The molecule has 18 heavy (non-hydrogen) atoms. The molecule has 0 aliphatic rings. The fraction of sp³-hybridized carbons (Fsp3) is 0.429. The number of ether oxygens (including phenoxy) is 1. The van der Waals surface area contributed by atoms with Crippen molar-refractivity contribution in [2.75, 3.05) is 13.2 Å². The van der Waals surface area contributed by atoms with Crippen LogP contribution < -0.4 is 10.1 Å². The van der Waals surface area contributed by atoms with E-state index in [0.717, 1.165) is 13.0 Å². The molecule has 0 amide bonds. The van der Waals surface area contributed by atoms with Crippen LogP contribution >= 0.6 is 0 Å². The van der Waals surface area contributed by atoms with Crippen LogP contribution in [0.15, 0.2) is 24.3 Å². The summed E-state index contributed by atoms with van der Waals surface area (Å²) in [6, 6.07) is 2.60. The first-order valence-electron chi connectivity index (χ1n) is 6.11. The van der Waals surface area contributed by atoms with E-state index in [0.29, 0.717) is 12.1 Å². The van der Waals surface area contributed by atoms with Gasteiger partial charge in [0.25, 0.3) is 0 Å². The van der Waals surface area contributed by atoms with Crippen molar-refractivity contribution in [2.45, 2.75) is 26.8 Å². The standard InChI is InChI=1S/C14H19F2NO/c1-3-5-7-18-14-12(15)8-11(9-13(14)16)10-17-6-4-2/h3,5,8-9,17H,4,6-7,10H2,1-2H3. The first kappa shape index (κ1) is 14.6. The maximum absolute atomic E-state index is 13.6. The Labute approximate surface area is 107 Å². The number of hydrogen-bond donors (Lipinski definition) is 1. The summed E-state index contributed by atoms with van der Waals surface area (Å²) in [4.78, 5) is 0. The van der Waals surface area contributed by atoms with Gasteiger partial charge in [-0.25, -0.2) is 8.78 Å². The second-order valence-electron chi connectivity index (χ2n) is 3.95. The van der Waals surface area contributed by atoms with Crippen molar-refractivity contribution in [3.63, 3.8) is 0 Å². The third kappa shape index (κ3) is 4.45. The molecule has 0 spiro atoms. The quantitative estimate of drug-likeness (QED) is 0.595. The van der Waals surface area contributed by atoms with Gasteiger partial charge in [0.2, 0.25) is 0 Å². The van der Waals surface area contributed by atoms with Crippen LogP contribution in [0.1, 0.15) is 25.8 Å². The van der Waals surface area contributed by atoms with Crippen LogP contribution in [0.25, 0.3) is 0 Å². The molecule has 0 radical (unpaired) electrons. The van der Waals surface area contributed by atoms with Crippen molar-refractivity contribution in [3.05, 3.63) is 41.5 Å². The van der Waals surface area contributed by atoms with Crippen molar-refractivity contribution >= 4 is 0 Å². The maximum Gasteiger partial charge on any atom is 0.191 e. The molecule has 100 valence electrons. The molecule has 0 saturated heterocycles. The average molecular weight is 255 g/mol. The molecule has 0 fully saturated rings. The number of hydrogen-bond acceptors (Lipinski definition) is 2. The summed E-state index contributed by atoms with van der Waals surface area (Å²) in [6.07, 6.45) is 4.43. The third-order valence-electron chi connectivity index (χ3n) is 2.37. The van der Waals surface area contributed by atoms with Crippen LogP contribution in [0.4, 0.5) is 8.78 Å². The van der Waals surface area contributed by atoms with Crippen molar-refractivity contribution in [3.8, 4) is 5.75 Å². The molecule has 0 bridgehead atoms. The van der Waals surface area contributed by atoms with Gasteiger partial charge >= 0.3 is 0 Å². The number of benzene rings is 1. The summed E-state index contributed by atoms with van der Waals surface area (Å²) in [6.45, 7) is 5.29. The molecule has 0 aliphatic heterocycles. The molecule has 0 aromatic heterocycles. The summed E-state index contributed by atoms with van der Waals surface area (Å²) in [5.74, 6) is -1.63. The highest BCUT2D eigenvalue weighted by Crippen LogP contribution is 2.23. The van der Waals surface area contributed by atoms with E-state index in [1.807, 2.05) is 13.8 Å². The third-order valence-corrected chi connectivity index (χ3v) is 2.37. The van der Waals surface area contributed by atoms with Gasteiger partial charge in [0.05, 0.1) is 0 Å². The zero-order valence-electron chi connectivity index (χ0n) is 10.8. The molecule has 1 N–H and O–H groups in total. The fourth-order valence-electron chi connectivity index (χ4n) is 1.49. The molecular weight excluding hydrogens is 236 g/mol. The summed E-state index contributed by atoms with van der Waals surface area (Å²) in [7, 11) is 0. The summed E-state index contributed by atoms with van der Waals surface area (Å²) in [5.41, 5.74) is 0.580. The van der Waals surface area contributed by atoms with E-state index in [9.17, 15) is 8.78 Å². The molecular formula is C14H19F2NO. The summed E-state index contributed by atoms with van der Waals surface area (Å²) < 4.78 is 32.3. The van der Waals surface area contributed by atoms with Gasteiger partial charge in [-0.05, 0) is 37.6 Å². The Morgan fingerprint density at radius 2 is 1.94 bits per heavy atom. The van der Waals surface area contributed by atoms with Crippen LogP contribution in [-0.4, -0.2) is 13.2 Å². The van der Waals surface area contributed by atoms with E-state index >= 15 is 0 Å². The highest BCUT2D eigenvalue weighted by Gasteiger charge is 2.11. The minimum atomic E-state index is -0.659. The van der Waals surface area contributed by atoms with Crippen molar-refractivity contribution in [1.29, 1.82) is 0 Å². The monoisotopic (exact) mass is 255 g/mol. The molecule has 0 saturated carbocycles. The first-order chi connectivity index (χ1) is 8.69. The van der Waals surface area contributed by atoms with Gasteiger partial charge in [-0.2, -0.15) is 0 Å². The van der Waals surface area contributed by atoms with Crippen molar-refractivity contribution in [2.24, 2.45) is 0 Å². The van der Waals surface area contributed by atoms with Crippen LogP contribution in [-0.2, 0) is 6.54 Å². The molecule has 2 nitrogen and oxygen atoms in total. The number of allylic oxidation sites excluding steroid dienone is 1. The zero-order chi connectivity index (χ0) is 13.4. The van der Waals surface area contributed by atoms with E-state index < -0.39 is 11.6 Å². The largest absolute Gasteiger partial charge is 0.483 e. The molecule has 1 aromatic carbocycles. The lowest BCUT2D eigenvalue weighted by Gasteiger charge is -2.09. The molecule has 0 heterocycles. The number of rotatable bonds is 7. The van der Waals surface area contributed by atoms with Gasteiger partial charge in [0.15, 0.2) is 17.4 Å². The Bertz CT molecular complexity index is 382. The summed E-state index contributed by atoms with van der Waals surface area (Å²) >= 11 is 0. The highest BCUT2D eigenvalue weighted by atomic mass is 19.1. The minimum absolute atomic E-state index is 0.164. The van der Waals surface area contributed by atoms with Gasteiger partial charge < -0.3 is 10.1 Å². The maximum atomic E-state index is 13.6. The molecule has 4 heteroatoms. The van der Waals surface area contributed by atoms with Crippen LogP contribution in [0.2, 0.25) is 0 Å². The smallest absolute Gasteiger partial charge is 0.191 e. The predicted octanol–water partition coefficient (Wildman–Crippen LogP) is 3.42. The zero-order valence-corrected chi connectivity index (χ0v) is 10.8. The van der Waals surface area contributed by atoms with Crippen molar-refractivity contribution < 1.29 is 13.5 Å². The molecule has 1 aromatic rings. The van der Waals surface area contributed by atoms with Crippen molar-refractivity contribution in [1.82, 2.24) is 5.32 Å². The molecule has 0 unspecified atom stereocenters. The Balaban J connectivity index is 2.70. The Morgan fingerprint density at radius 3 is 2.50 bits per heavy atom. The fourth-order valence-corrected chi connectivity index (χ4v) is 1.49. The normalized spacial score (nSPS) is 11.1. The van der Waals surface area contributed by atoms with Gasteiger partial charge in [0.1, 0.15) is 6.61 Å². The lowest BCUT2D eigenvalue weighted by atomic mass is 10.2. The second-order valence-corrected chi connectivity index (χ2v) is 3.95. The average Bonchev–Trinajstić information content (AvgIpc) is 2.33. The SMILES string of the molecule is CC=CCOc1c(F)cc(CNCCC)cc1F. The van der Waals surface area contributed by atoms with E-state index in [1.54, 1.807) is 12.2 Å². The Kier molecular flexibility index (Phi) is 6.36. The molecule has 1 rings (SSSR count). The Hall–Kier alpha value is -1.42. The van der Waals surface area contributed by atoms with E-state index in [-0.39, 0.29) is 12.4 Å². The first-order valence-corrected chi connectivity index (χ1v) is 6.11. The number of halogens is 2. The van der Waals surface area contributed by atoms with E-state index in [1.165, 1.54) is 12.1 Å². The van der Waals surface area contributed by atoms with Crippen LogP contribution in [0.3, 0.4) is 0 Å². The lowest BCUT2D eigenvalue weighted by Crippen LogP contribution is -2.14. The summed E-state index contributed by atoms with van der Waals surface area (Å²) in [5, 5.41) is 3.09. The highest BCUT2D eigenvalue weighted by molar-refractivity contribution is 5.31. The van der Waals surface area contributed by atoms with Gasteiger partial charge in [0, 0.05) is 6.54 Å². The van der Waals surface area contributed by atoms with E-state index in [4.69, 9.17) is 4.74 Å².